The monoisotopic (exact) mass is 181 g/mol. The van der Waals surface area contributed by atoms with Gasteiger partial charge in [0, 0.05) is 12.8 Å². The lowest BCUT2D eigenvalue weighted by atomic mass is 9.75. The molecule has 0 aromatic heterocycles. The van der Waals surface area contributed by atoms with Crippen LogP contribution in [0.2, 0.25) is 0 Å². The molecule has 0 radical (unpaired) electrons. The van der Waals surface area contributed by atoms with Crippen molar-refractivity contribution in [2.24, 2.45) is 11.1 Å². The second-order valence-corrected chi connectivity index (χ2v) is 3.93. The average Bonchev–Trinajstić information content (AvgIpc) is 2.08. The first kappa shape index (κ1) is 9.96. The van der Waals surface area contributed by atoms with E-state index in [1.165, 1.54) is 6.08 Å². The Hall–Kier alpha value is -1.12. The maximum atomic E-state index is 11.0. The highest BCUT2D eigenvalue weighted by Gasteiger charge is 2.27. The molecular formula is C10H15NO2. The van der Waals surface area contributed by atoms with Gasteiger partial charge in [-0.2, -0.15) is 0 Å². The zero-order valence-electron chi connectivity index (χ0n) is 7.88. The minimum Gasteiger partial charge on any atom is -0.366 e. The third-order valence-corrected chi connectivity index (χ3v) is 2.60. The first-order valence-electron chi connectivity index (χ1n) is 4.52. The maximum absolute atomic E-state index is 11.0. The molecule has 1 fully saturated rings. The first-order chi connectivity index (χ1) is 6.02. The summed E-state index contributed by atoms with van der Waals surface area (Å²) in [6.45, 7) is 2.05. The Morgan fingerprint density at radius 1 is 1.46 bits per heavy atom. The van der Waals surface area contributed by atoms with E-state index in [1.54, 1.807) is 0 Å². The summed E-state index contributed by atoms with van der Waals surface area (Å²) in [6, 6.07) is 0. The van der Waals surface area contributed by atoms with Gasteiger partial charge in [0.1, 0.15) is 5.78 Å². The number of primary amides is 1. The predicted molar refractivity (Wildman–Crippen MR) is 49.9 cm³/mol. The fraction of sp³-hybridized carbons (Fsp3) is 0.600. The van der Waals surface area contributed by atoms with Gasteiger partial charge in [-0.05, 0) is 24.3 Å². The maximum Gasteiger partial charge on any atom is 0.241 e. The van der Waals surface area contributed by atoms with Gasteiger partial charge in [0.2, 0.25) is 5.91 Å². The molecule has 3 nitrogen and oxygen atoms in total. The molecular weight excluding hydrogens is 166 g/mol. The Labute approximate surface area is 78.0 Å². The highest BCUT2D eigenvalue weighted by molar-refractivity contribution is 5.86. The normalized spacial score (nSPS) is 22.1. The minimum absolute atomic E-state index is 0.0110. The van der Waals surface area contributed by atoms with Crippen LogP contribution in [0.1, 0.15) is 32.6 Å². The van der Waals surface area contributed by atoms with Gasteiger partial charge in [-0.25, -0.2) is 0 Å². The van der Waals surface area contributed by atoms with Gasteiger partial charge in [0.15, 0.2) is 0 Å². The van der Waals surface area contributed by atoms with E-state index in [1.807, 2.05) is 6.08 Å². The lowest BCUT2D eigenvalue weighted by Gasteiger charge is -2.29. The lowest BCUT2D eigenvalue weighted by Crippen LogP contribution is -2.23. The van der Waals surface area contributed by atoms with Crippen LogP contribution in [0.5, 0.6) is 0 Å². The molecule has 13 heavy (non-hydrogen) atoms. The average molecular weight is 181 g/mol. The Balaban J connectivity index is 2.57. The molecule has 1 aliphatic rings. The van der Waals surface area contributed by atoms with Crippen molar-refractivity contribution >= 4 is 11.7 Å². The van der Waals surface area contributed by atoms with Gasteiger partial charge in [-0.1, -0.05) is 13.0 Å². The Morgan fingerprint density at radius 2 is 2.00 bits per heavy atom. The topological polar surface area (TPSA) is 60.2 Å². The highest BCUT2D eigenvalue weighted by atomic mass is 16.1. The Kier molecular flexibility index (Phi) is 2.86. The molecule has 0 atom stereocenters. The van der Waals surface area contributed by atoms with Crippen LogP contribution in [0.4, 0.5) is 0 Å². The van der Waals surface area contributed by atoms with Crippen LogP contribution in [0.3, 0.4) is 0 Å². The lowest BCUT2D eigenvalue weighted by molar-refractivity contribution is -0.121. The van der Waals surface area contributed by atoms with Gasteiger partial charge in [0.25, 0.3) is 0 Å². The quantitative estimate of drug-likeness (QED) is 0.650. The summed E-state index contributed by atoms with van der Waals surface area (Å²) in [5.41, 5.74) is 4.99. The van der Waals surface area contributed by atoms with Crippen molar-refractivity contribution in [2.75, 3.05) is 0 Å². The van der Waals surface area contributed by atoms with Gasteiger partial charge in [-0.15, -0.1) is 0 Å². The van der Waals surface area contributed by atoms with Crippen molar-refractivity contribution in [3.63, 3.8) is 0 Å². The number of rotatable bonds is 2. The molecule has 1 rings (SSSR count). The molecule has 1 saturated carbocycles. The van der Waals surface area contributed by atoms with Crippen molar-refractivity contribution in [1.29, 1.82) is 0 Å². The molecule has 0 aliphatic heterocycles. The summed E-state index contributed by atoms with van der Waals surface area (Å²) < 4.78 is 0. The van der Waals surface area contributed by atoms with E-state index in [4.69, 9.17) is 5.73 Å². The van der Waals surface area contributed by atoms with Gasteiger partial charge in [-0.3, -0.25) is 9.59 Å². The number of Topliss-reactive ketones (excluding diaryl/α,β-unsaturated/α-hetero) is 1. The predicted octanol–water partition coefficient (Wildman–Crippen LogP) is 1.18. The summed E-state index contributed by atoms with van der Waals surface area (Å²) in [5.74, 6) is -0.0944. The summed E-state index contributed by atoms with van der Waals surface area (Å²) in [7, 11) is 0. The zero-order chi connectivity index (χ0) is 9.90. The number of carbonyl (C=O) groups excluding carboxylic acids is 2. The number of hydrogen-bond acceptors (Lipinski definition) is 2. The van der Waals surface area contributed by atoms with E-state index in [0.717, 1.165) is 12.8 Å². The van der Waals surface area contributed by atoms with Crippen LogP contribution in [-0.2, 0) is 9.59 Å². The van der Waals surface area contributed by atoms with E-state index in [2.05, 4.69) is 6.92 Å². The van der Waals surface area contributed by atoms with Crippen molar-refractivity contribution < 1.29 is 9.59 Å². The molecule has 0 heterocycles. The molecule has 1 amide bonds. The molecule has 1 aliphatic carbocycles. The number of amides is 1. The van der Waals surface area contributed by atoms with Crippen LogP contribution < -0.4 is 5.73 Å². The fourth-order valence-electron chi connectivity index (χ4n) is 1.55. The largest absolute Gasteiger partial charge is 0.366 e. The molecule has 0 spiro atoms. The highest BCUT2D eigenvalue weighted by Crippen LogP contribution is 2.35. The molecule has 0 bridgehead atoms. The van der Waals surface area contributed by atoms with Crippen LogP contribution in [-0.4, -0.2) is 11.7 Å². The van der Waals surface area contributed by atoms with E-state index in [-0.39, 0.29) is 5.41 Å². The van der Waals surface area contributed by atoms with E-state index in [9.17, 15) is 9.59 Å². The zero-order valence-corrected chi connectivity index (χ0v) is 7.88. The molecule has 2 N–H and O–H groups in total. The van der Waals surface area contributed by atoms with E-state index >= 15 is 0 Å². The molecule has 3 heteroatoms. The smallest absolute Gasteiger partial charge is 0.241 e. The van der Waals surface area contributed by atoms with Crippen LogP contribution in [0, 0.1) is 5.41 Å². The van der Waals surface area contributed by atoms with Crippen LogP contribution in [0.15, 0.2) is 12.2 Å². The molecule has 0 unspecified atom stereocenters. The number of carbonyl (C=O) groups is 2. The van der Waals surface area contributed by atoms with Crippen LogP contribution >= 0.6 is 0 Å². The van der Waals surface area contributed by atoms with E-state index in [0.29, 0.717) is 18.6 Å². The van der Waals surface area contributed by atoms with Crippen molar-refractivity contribution in [3.05, 3.63) is 12.2 Å². The van der Waals surface area contributed by atoms with Crippen molar-refractivity contribution in [1.82, 2.24) is 0 Å². The van der Waals surface area contributed by atoms with Gasteiger partial charge >= 0.3 is 0 Å². The SMILES string of the molecule is CC1(C=CC(N)=O)CCC(=O)CC1. The standard InChI is InChI=1S/C10H15NO2/c1-10(7-4-9(11)13)5-2-8(12)3-6-10/h4,7H,2-3,5-6H2,1H3,(H2,11,13). The molecule has 0 aromatic rings. The number of allylic oxidation sites excluding steroid dienone is 1. The minimum atomic E-state index is -0.418. The third-order valence-electron chi connectivity index (χ3n) is 2.60. The van der Waals surface area contributed by atoms with Gasteiger partial charge in [0.05, 0.1) is 0 Å². The summed E-state index contributed by atoms with van der Waals surface area (Å²) in [5, 5.41) is 0. The van der Waals surface area contributed by atoms with Crippen molar-refractivity contribution in [3.8, 4) is 0 Å². The Bertz CT molecular complexity index is 246. The summed E-state index contributed by atoms with van der Waals surface area (Å²) >= 11 is 0. The van der Waals surface area contributed by atoms with Crippen molar-refractivity contribution in [2.45, 2.75) is 32.6 Å². The number of nitrogens with two attached hydrogens (primary N) is 1. The number of ketones is 1. The first-order valence-corrected chi connectivity index (χ1v) is 4.52. The van der Waals surface area contributed by atoms with Gasteiger partial charge < -0.3 is 5.73 Å². The summed E-state index contributed by atoms with van der Waals surface area (Å²) in [6.07, 6.45) is 6.14. The molecule has 0 aromatic carbocycles. The second-order valence-electron chi connectivity index (χ2n) is 3.93. The third kappa shape index (κ3) is 3.01. The second kappa shape index (κ2) is 3.73. The summed E-state index contributed by atoms with van der Waals surface area (Å²) in [4.78, 5) is 21.5. The number of hydrogen-bond donors (Lipinski definition) is 1. The van der Waals surface area contributed by atoms with Crippen LogP contribution in [0.25, 0.3) is 0 Å². The van der Waals surface area contributed by atoms with E-state index < -0.39 is 5.91 Å². The molecule has 72 valence electrons. The molecule has 0 saturated heterocycles. The fourth-order valence-corrected chi connectivity index (χ4v) is 1.55. The Morgan fingerprint density at radius 3 is 2.46 bits per heavy atom.